The topological polar surface area (TPSA) is 63.6 Å². The summed E-state index contributed by atoms with van der Waals surface area (Å²) in [4.78, 5) is 21.3. The third-order valence-electron chi connectivity index (χ3n) is 2.02. The van der Waals surface area contributed by atoms with Crippen LogP contribution < -0.4 is 0 Å². The summed E-state index contributed by atoms with van der Waals surface area (Å²) < 4.78 is 4.68. The van der Waals surface area contributed by atoms with E-state index in [-0.39, 0.29) is 6.61 Å². The lowest BCUT2D eigenvalue weighted by atomic mass is 10.0. The van der Waals surface area contributed by atoms with Gasteiger partial charge in [-0.15, -0.1) is 11.6 Å². The minimum Gasteiger partial charge on any atom is -0.481 e. The average Bonchev–Trinajstić information content (AvgIpc) is 2.15. The number of rotatable bonds is 8. The predicted molar refractivity (Wildman–Crippen MR) is 56.9 cm³/mol. The fraction of sp³-hybridized carbons (Fsp3) is 0.800. The zero-order chi connectivity index (χ0) is 11.7. The summed E-state index contributed by atoms with van der Waals surface area (Å²) >= 11 is 5.50. The van der Waals surface area contributed by atoms with Gasteiger partial charge in [-0.25, -0.2) is 0 Å². The number of hydrogen-bond acceptors (Lipinski definition) is 3. The first-order valence-electron chi connectivity index (χ1n) is 5.00. The molecule has 0 aliphatic heterocycles. The first kappa shape index (κ1) is 14.2. The molecule has 0 rings (SSSR count). The molecule has 88 valence electrons. The maximum Gasteiger partial charge on any atom is 0.309 e. The Morgan fingerprint density at radius 2 is 2.00 bits per heavy atom. The standard InChI is InChI=1S/C10H17ClO4/c1-8(12)15-7-9(10(13)14)5-3-2-4-6-11/h9H,2-7H2,1H3,(H,13,14). The molecule has 0 aromatic heterocycles. The minimum atomic E-state index is -0.915. The van der Waals surface area contributed by atoms with Crippen molar-refractivity contribution in [2.24, 2.45) is 5.92 Å². The molecule has 0 aromatic rings. The highest BCUT2D eigenvalue weighted by Gasteiger charge is 2.18. The van der Waals surface area contributed by atoms with Gasteiger partial charge in [0.25, 0.3) is 0 Å². The Balaban J connectivity index is 3.73. The molecule has 0 radical (unpaired) electrons. The van der Waals surface area contributed by atoms with Crippen molar-refractivity contribution in [1.29, 1.82) is 0 Å². The molecule has 1 atom stereocenters. The van der Waals surface area contributed by atoms with Gasteiger partial charge >= 0.3 is 11.9 Å². The van der Waals surface area contributed by atoms with E-state index in [1.165, 1.54) is 6.92 Å². The number of esters is 1. The predicted octanol–water partition coefficient (Wildman–Crippen LogP) is 2.05. The van der Waals surface area contributed by atoms with Gasteiger partial charge in [0.2, 0.25) is 0 Å². The zero-order valence-electron chi connectivity index (χ0n) is 8.87. The van der Waals surface area contributed by atoms with Gasteiger partial charge in [0.05, 0.1) is 5.92 Å². The lowest BCUT2D eigenvalue weighted by Crippen LogP contribution is -2.21. The van der Waals surface area contributed by atoms with Crippen LogP contribution in [0.2, 0.25) is 0 Å². The van der Waals surface area contributed by atoms with Crippen LogP contribution in [0.25, 0.3) is 0 Å². The van der Waals surface area contributed by atoms with E-state index in [1.54, 1.807) is 0 Å². The number of carboxylic acid groups (broad SMARTS) is 1. The van der Waals surface area contributed by atoms with E-state index in [2.05, 4.69) is 4.74 Å². The highest BCUT2D eigenvalue weighted by Crippen LogP contribution is 2.11. The van der Waals surface area contributed by atoms with Crippen LogP contribution in [-0.2, 0) is 14.3 Å². The molecule has 0 heterocycles. The van der Waals surface area contributed by atoms with Crippen LogP contribution in [0.4, 0.5) is 0 Å². The fourth-order valence-electron chi connectivity index (χ4n) is 1.16. The molecule has 4 nitrogen and oxygen atoms in total. The van der Waals surface area contributed by atoms with E-state index in [1.807, 2.05) is 0 Å². The van der Waals surface area contributed by atoms with Crippen molar-refractivity contribution in [1.82, 2.24) is 0 Å². The van der Waals surface area contributed by atoms with Crippen LogP contribution in [0.15, 0.2) is 0 Å². The number of carbonyl (C=O) groups excluding carboxylic acids is 1. The van der Waals surface area contributed by atoms with Gasteiger partial charge in [-0.2, -0.15) is 0 Å². The van der Waals surface area contributed by atoms with E-state index in [0.717, 1.165) is 19.3 Å². The second-order valence-corrected chi connectivity index (χ2v) is 3.75. The smallest absolute Gasteiger partial charge is 0.309 e. The van der Waals surface area contributed by atoms with Gasteiger partial charge in [-0.1, -0.05) is 12.8 Å². The van der Waals surface area contributed by atoms with Crippen molar-refractivity contribution in [2.75, 3.05) is 12.5 Å². The van der Waals surface area contributed by atoms with Crippen LogP contribution in [0.3, 0.4) is 0 Å². The molecule has 0 spiro atoms. The number of alkyl halides is 1. The van der Waals surface area contributed by atoms with Gasteiger partial charge < -0.3 is 9.84 Å². The number of carboxylic acids is 1. The lowest BCUT2D eigenvalue weighted by Gasteiger charge is -2.11. The van der Waals surface area contributed by atoms with Crippen molar-refractivity contribution in [3.63, 3.8) is 0 Å². The largest absolute Gasteiger partial charge is 0.481 e. The lowest BCUT2D eigenvalue weighted by molar-refractivity contribution is -0.149. The summed E-state index contributed by atoms with van der Waals surface area (Å²) in [7, 11) is 0. The van der Waals surface area contributed by atoms with E-state index in [0.29, 0.717) is 12.3 Å². The number of carbonyl (C=O) groups is 2. The maximum absolute atomic E-state index is 10.8. The molecular weight excluding hydrogens is 220 g/mol. The molecule has 0 aliphatic carbocycles. The average molecular weight is 237 g/mol. The van der Waals surface area contributed by atoms with Crippen molar-refractivity contribution >= 4 is 23.5 Å². The Morgan fingerprint density at radius 1 is 1.33 bits per heavy atom. The Labute approximate surface area is 94.6 Å². The third-order valence-corrected chi connectivity index (χ3v) is 2.29. The molecule has 5 heteroatoms. The van der Waals surface area contributed by atoms with E-state index < -0.39 is 17.9 Å². The molecular formula is C10H17ClO4. The summed E-state index contributed by atoms with van der Waals surface area (Å²) in [5, 5.41) is 8.83. The number of unbranched alkanes of at least 4 members (excludes halogenated alkanes) is 2. The Hall–Kier alpha value is -0.770. The molecule has 1 N–H and O–H groups in total. The van der Waals surface area contributed by atoms with Crippen molar-refractivity contribution < 1.29 is 19.4 Å². The Morgan fingerprint density at radius 3 is 2.47 bits per heavy atom. The van der Waals surface area contributed by atoms with E-state index in [4.69, 9.17) is 16.7 Å². The SMILES string of the molecule is CC(=O)OCC(CCCCCCl)C(=O)O. The zero-order valence-corrected chi connectivity index (χ0v) is 9.63. The fourth-order valence-corrected chi connectivity index (χ4v) is 1.35. The second kappa shape index (κ2) is 8.53. The first-order chi connectivity index (χ1) is 7.07. The highest BCUT2D eigenvalue weighted by atomic mass is 35.5. The molecule has 0 bridgehead atoms. The van der Waals surface area contributed by atoms with Gasteiger partial charge in [0, 0.05) is 12.8 Å². The van der Waals surface area contributed by atoms with E-state index >= 15 is 0 Å². The number of halogens is 1. The molecule has 0 saturated carbocycles. The quantitative estimate of drug-likeness (QED) is 0.398. The van der Waals surface area contributed by atoms with Crippen molar-refractivity contribution in [3.8, 4) is 0 Å². The van der Waals surface area contributed by atoms with Crippen LogP contribution in [-0.4, -0.2) is 29.5 Å². The van der Waals surface area contributed by atoms with Gasteiger partial charge in [0.15, 0.2) is 0 Å². The Kier molecular flexibility index (Phi) is 8.09. The molecule has 0 saturated heterocycles. The first-order valence-corrected chi connectivity index (χ1v) is 5.53. The summed E-state index contributed by atoms with van der Waals surface area (Å²) in [5.41, 5.74) is 0. The van der Waals surface area contributed by atoms with Crippen molar-refractivity contribution in [3.05, 3.63) is 0 Å². The van der Waals surface area contributed by atoms with Crippen LogP contribution >= 0.6 is 11.6 Å². The minimum absolute atomic E-state index is 0.0362. The van der Waals surface area contributed by atoms with Gasteiger partial charge in [-0.05, 0) is 12.8 Å². The third kappa shape index (κ3) is 8.24. The van der Waals surface area contributed by atoms with Gasteiger partial charge in [-0.3, -0.25) is 9.59 Å². The number of ether oxygens (including phenoxy) is 1. The number of hydrogen-bond donors (Lipinski definition) is 1. The summed E-state index contributed by atoms with van der Waals surface area (Å²) in [6.07, 6.45) is 3.12. The molecule has 0 aromatic carbocycles. The van der Waals surface area contributed by atoms with E-state index in [9.17, 15) is 9.59 Å². The Bertz CT molecular complexity index is 206. The molecule has 0 amide bonds. The molecule has 15 heavy (non-hydrogen) atoms. The van der Waals surface area contributed by atoms with Crippen LogP contribution in [0, 0.1) is 5.92 Å². The van der Waals surface area contributed by atoms with Gasteiger partial charge in [0.1, 0.15) is 6.61 Å². The summed E-state index contributed by atoms with van der Waals surface area (Å²) in [6.45, 7) is 1.23. The highest BCUT2D eigenvalue weighted by molar-refractivity contribution is 6.17. The molecule has 0 fully saturated rings. The van der Waals surface area contributed by atoms with Crippen LogP contribution in [0.1, 0.15) is 32.6 Å². The normalized spacial score (nSPS) is 12.1. The summed E-state index contributed by atoms with van der Waals surface area (Å²) in [5.74, 6) is -1.35. The number of aliphatic carboxylic acids is 1. The maximum atomic E-state index is 10.8. The van der Waals surface area contributed by atoms with Crippen molar-refractivity contribution in [2.45, 2.75) is 32.6 Å². The summed E-state index contributed by atoms with van der Waals surface area (Å²) in [6, 6.07) is 0. The second-order valence-electron chi connectivity index (χ2n) is 3.38. The monoisotopic (exact) mass is 236 g/mol. The van der Waals surface area contributed by atoms with Crippen LogP contribution in [0.5, 0.6) is 0 Å². The molecule has 0 aliphatic rings. The molecule has 1 unspecified atom stereocenters.